The minimum absolute atomic E-state index is 0.377. The van der Waals surface area contributed by atoms with Crippen molar-refractivity contribution in [1.82, 2.24) is 4.90 Å². The number of nitrogens with two attached hydrogens (primary N) is 1. The van der Waals surface area contributed by atoms with Crippen molar-refractivity contribution in [1.29, 1.82) is 0 Å². The van der Waals surface area contributed by atoms with E-state index in [4.69, 9.17) is 5.73 Å². The Hall–Kier alpha value is -0.870. The number of nitrogens with zero attached hydrogens (tertiary/aromatic N) is 1. The van der Waals surface area contributed by atoms with E-state index in [1.54, 1.807) is 0 Å². The second-order valence-electron chi connectivity index (χ2n) is 4.44. The molecule has 0 spiro atoms. The molecular weight excluding hydrogens is 204 g/mol. The Labute approximate surface area is 97.1 Å². The summed E-state index contributed by atoms with van der Waals surface area (Å²) >= 11 is 0. The maximum Gasteiger partial charge on any atom is 0.250 e. The van der Waals surface area contributed by atoms with Gasteiger partial charge < -0.3 is 10.8 Å². The van der Waals surface area contributed by atoms with Crippen LogP contribution in [0.1, 0.15) is 32.6 Å². The molecule has 0 aromatic carbocycles. The Balaban J connectivity index is 2.39. The first kappa shape index (κ1) is 13.2. The molecule has 1 atom stereocenters. The van der Waals surface area contributed by atoms with E-state index in [2.05, 4.69) is 24.0 Å². The standard InChI is InChI=1S/C12H22N2O2/c1-2-3-4-5-8-14-9-6-7-12(16,10-14)11(13)15/h3-4,16H,2,5-10H2,1H3,(H2,13,15)/b4-3+. The smallest absolute Gasteiger partial charge is 0.250 e. The number of carbonyl (C=O) groups is 1. The van der Waals surface area contributed by atoms with E-state index in [1.807, 2.05) is 0 Å². The first-order valence-electron chi connectivity index (χ1n) is 5.98. The monoisotopic (exact) mass is 226 g/mol. The molecule has 1 unspecified atom stereocenters. The third-order valence-electron chi connectivity index (χ3n) is 3.02. The molecule has 1 aliphatic heterocycles. The van der Waals surface area contributed by atoms with Crippen LogP contribution in [0.5, 0.6) is 0 Å². The van der Waals surface area contributed by atoms with Crippen molar-refractivity contribution in [2.24, 2.45) is 5.73 Å². The van der Waals surface area contributed by atoms with Gasteiger partial charge in [-0.2, -0.15) is 0 Å². The molecule has 4 heteroatoms. The van der Waals surface area contributed by atoms with E-state index < -0.39 is 11.5 Å². The Kier molecular flexibility index (Phi) is 4.96. The molecule has 1 heterocycles. The van der Waals surface area contributed by atoms with Gasteiger partial charge in [0.05, 0.1) is 0 Å². The van der Waals surface area contributed by atoms with Crippen LogP contribution in [0.4, 0.5) is 0 Å². The number of β-amino-alcohol motifs (C(OH)–C–C–N with tert-alkyl or cyclic N) is 1. The molecule has 3 N–H and O–H groups in total. The summed E-state index contributed by atoms with van der Waals surface area (Å²) in [5, 5.41) is 9.99. The lowest BCUT2D eigenvalue weighted by molar-refractivity contribution is -0.142. The predicted molar refractivity (Wildman–Crippen MR) is 63.9 cm³/mol. The second kappa shape index (κ2) is 6.01. The Morgan fingerprint density at radius 2 is 2.31 bits per heavy atom. The average molecular weight is 226 g/mol. The van der Waals surface area contributed by atoms with Gasteiger partial charge in [-0.15, -0.1) is 0 Å². The first-order chi connectivity index (χ1) is 7.58. The molecule has 0 aromatic heterocycles. The molecule has 92 valence electrons. The largest absolute Gasteiger partial charge is 0.379 e. The summed E-state index contributed by atoms with van der Waals surface area (Å²) in [5.41, 5.74) is 3.90. The molecule has 16 heavy (non-hydrogen) atoms. The van der Waals surface area contributed by atoms with Gasteiger partial charge in [0.15, 0.2) is 5.60 Å². The number of rotatable bonds is 5. The van der Waals surface area contributed by atoms with Gasteiger partial charge >= 0.3 is 0 Å². The SMILES string of the molecule is CC/C=C/CCN1CCCC(O)(C(N)=O)C1. The summed E-state index contributed by atoms with van der Waals surface area (Å²) in [4.78, 5) is 13.2. The number of primary amides is 1. The fourth-order valence-corrected chi connectivity index (χ4v) is 2.06. The van der Waals surface area contributed by atoms with Crippen molar-refractivity contribution in [2.75, 3.05) is 19.6 Å². The first-order valence-corrected chi connectivity index (χ1v) is 5.98. The number of likely N-dealkylation sites (tertiary alicyclic amines) is 1. The van der Waals surface area contributed by atoms with Gasteiger partial charge in [0.1, 0.15) is 0 Å². The van der Waals surface area contributed by atoms with Gasteiger partial charge in [0.25, 0.3) is 5.91 Å². The minimum Gasteiger partial charge on any atom is -0.379 e. The van der Waals surface area contributed by atoms with Crippen molar-refractivity contribution in [3.63, 3.8) is 0 Å². The molecule has 0 radical (unpaired) electrons. The van der Waals surface area contributed by atoms with E-state index in [9.17, 15) is 9.90 Å². The Bertz CT molecular complexity index is 266. The van der Waals surface area contributed by atoms with E-state index in [-0.39, 0.29) is 0 Å². The second-order valence-corrected chi connectivity index (χ2v) is 4.44. The number of amides is 1. The van der Waals surface area contributed by atoms with Crippen LogP contribution < -0.4 is 5.73 Å². The van der Waals surface area contributed by atoms with Gasteiger partial charge in [0.2, 0.25) is 0 Å². The van der Waals surface area contributed by atoms with E-state index in [0.717, 1.165) is 32.4 Å². The highest BCUT2D eigenvalue weighted by atomic mass is 16.3. The van der Waals surface area contributed by atoms with Crippen LogP contribution in [0.2, 0.25) is 0 Å². The number of carbonyl (C=O) groups excluding carboxylic acids is 1. The summed E-state index contributed by atoms with van der Waals surface area (Å²) in [5.74, 6) is -0.596. The molecule has 4 nitrogen and oxygen atoms in total. The minimum atomic E-state index is -1.31. The molecule has 0 aromatic rings. The number of hydrogen-bond donors (Lipinski definition) is 2. The van der Waals surface area contributed by atoms with Crippen LogP contribution in [0.3, 0.4) is 0 Å². The summed E-state index contributed by atoms with van der Waals surface area (Å²) in [6.07, 6.45) is 7.59. The summed E-state index contributed by atoms with van der Waals surface area (Å²) in [6.45, 7) is 4.30. The van der Waals surface area contributed by atoms with Crippen LogP contribution in [0.15, 0.2) is 12.2 Å². The van der Waals surface area contributed by atoms with Gasteiger partial charge in [0, 0.05) is 13.1 Å². The number of aliphatic hydroxyl groups is 1. The Morgan fingerprint density at radius 1 is 1.56 bits per heavy atom. The van der Waals surface area contributed by atoms with E-state index >= 15 is 0 Å². The van der Waals surface area contributed by atoms with Crippen molar-refractivity contribution < 1.29 is 9.90 Å². The van der Waals surface area contributed by atoms with Gasteiger partial charge in [-0.1, -0.05) is 19.1 Å². The van der Waals surface area contributed by atoms with Crippen LogP contribution in [0, 0.1) is 0 Å². The van der Waals surface area contributed by atoms with Gasteiger partial charge in [-0.05, 0) is 32.2 Å². The van der Waals surface area contributed by atoms with Crippen LogP contribution in [-0.4, -0.2) is 41.1 Å². The van der Waals surface area contributed by atoms with Crippen LogP contribution >= 0.6 is 0 Å². The quantitative estimate of drug-likeness (QED) is 0.677. The highest BCUT2D eigenvalue weighted by molar-refractivity contribution is 5.83. The topological polar surface area (TPSA) is 66.6 Å². The molecule has 1 saturated heterocycles. The third kappa shape index (κ3) is 3.61. The lowest BCUT2D eigenvalue weighted by Gasteiger charge is -2.36. The molecular formula is C12H22N2O2. The average Bonchev–Trinajstić information content (AvgIpc) is 2.24. The summed E-state index contributed by atoms with van der Waals surface area (Å²) in [6, 6.07) is 0. The zero-order valence-electron chi connectivity index (χ0n) is 9.98. The predicted octanol–water partition coefficient (Wildman–Crippen LogP) is 0.655. The normalized spacial score (nSPS) is 27.4. The maximum absolute atomic E-state index is 11.1. The van der Waals surface area contributed by atoms with E-state index in [0.29, 0.717) is 13.0 Å². The maximum atomic E-state index is 11.1. The highest BCUT2D eigenvalue weighted by Crippen LogP contribution is 2.20. The zero-order valence-corrected chi connectivity index (χ0v) is 9.98. The fraction of sp³-hybridized carbons (Fsp3) is 0.750. The lowest BCUT2D eigenvalue weighted by Crippen LogP contribution is -2.55. The fourth-order valence-electron chi connectivity index (χ4n) is 2.06. The summed E-state index contributed by atoms with van der Waals surface area (Å²) < 4.78 is 0. The third-order valence-corrected chi connectivity index (χ3v) is 3.02. The van der Waals surface area contributed by atoms with Gasteiger partial charge in [-0.25, -0.2) is 0 Å². The summed E-state index contributed by atoms with van der Waals surface area (Å²) in [7, 11) is 0. The number of piperidine rings is 1. The van der Waals surface area contributed by atoms with Crippen molar-refractivity contribution in [2.45, 2.75) is 38.2 Å². The molecule has 1 rings (SSSR count). The van der Waals surface area contributed by atoms with Crippen molar-refractivity contribution in [3.8, 4) is 0 Å². The van der Waals surface area contributed by atoms with Crippen LogP contribution in [-0.2, 0) is 4.79 Å². The molecule has 0 saturated carbocycles. The molecule has 1 aliphatic rings. The van der Waals surface area contributed by atoms with E-state index in [1.165, 1.54) is 0 Å². The molecule has 1 fully saturated rings. The molecule has 0 aliphatic carbocycles. The zero-order chi connectivity index (χ0) is 12.0. The molecule has 0 bridgehead atoms. The lowest BCUT2D eigenvalue weighted by atomic mass is 9.92. The molecule has 1 amide bonds. The number of hydrogen-bond acceptors (Lipinski definition) is 3. The van der Waals surface area contributed by atoms with Crippen molar-refractivity contribution in [3.05, 3.63) is 12.2 Å². The highest BCUT2D eigenvalue weighted by Gasteiger charge is 2.38. The number of allylic oxidation sites excluding steroid dienone is 1. The van der Waals surface area contributed by atoms with Gasteiger partial charge in [-0.3, -0.25) is 9.69 Å². The Morgan fingerprint density at radius 3 is 2.94 bits per heavy atom. The van der Waals surface area contributed by atoms with Crippen LogP contribution in [0.25, 0.3) is 0 Å². The van der Waals surface area contributed by atoms with Crippen molar-refractivity contribution >= 4 is 5.91 Å².